The molecule has 2 aromatic rings. The van der Waals surface area contributed by atoms with Gasteiger partial charge >= 0.3 is 0 Å². The Bertz CT molecular complexity index is 863. The highest BCUT2D eigenvalue weighted by molar-refractivity contribution is 7.89. The summed E-state index contributed by atoms with van der Waals surface area (Å²) in [6.45, 7) is 2.63. The highest BCUT2D eigenvalue weighted by Gasteiger charge is 2.29. The second kappa shape index (κ2) is 8.31. The van der Waals surface area contributed by atoms with E-state index in [0.29, 0.717) is 44.7 Å². The molecule has 1 saturated heterocycles. The molecule has 7 heteroatoms. The third-order valence-corrected chi connectivity index (χ3v) is 6.94. The van der Waals surface area contributed by atoms with Gasteiger partial charge in [0.05, 0.1) is 5.02 Å². The first-order valence-electron chi connectivity index (χ1n) is 8.54. The number of carbonyl (C=O) groups is 1. The number of hydrogen-bond donors (Lipinski definition) is 0. The van der Waals surface area contributed by atoms with E-state index in [1.54, 1.807) is 18.2 Å². The Morgan fingerprint density at radius 3 is 2.19 bits per heavy atom. The molecule has 0 unspecified atom stereocenters. The maximum absolute atomic E-state index is 12.7. The first kappa shape index (κ1) is 19.0. The van der Waals surface area contributed by atoms with Crippen molar-refractivity contribution in [3.05, 3.63) is 65.2 Å². The molecule has 0 radical (unpaired) electrons. The molecule has 0 aromatic heterocycles. The minimum atomic E-state index is -3.58. The van der Waals surface area contributed by atoms with Gasteiger partial charge in [-0.25, -0.2) is 8.42 Å². The summed E-state index contributed by atoms with van der Waals surface area (Å²) in [6.07, 6.45) is 0.432. The Hall–Kier alpha value is -1.73. The van der Waals surface area contributed by atoms with Gasteiger partial charge in [-0.1, -0.05) is 54.1 Å². The van der Waals surface area contributed by atoms with E-state index in [-0.39, 0.29) is 15.7 Å². The minimum Gasteiger partial charge on any atom is -0.300 e. The molecular weight excluding hydrogens is 372 g/mol. The van der Waals surface area contributed by atoms with Crippen LogP contribution in [0.4, 0.5) is 0 Å². The van der Waals surface area contributed by atoms with E-state index < -0.39 is 10.0 Å². The van der Waals surface area contributed by atoms with Gasteiger partial charge in [0.1, 0.15) is 4.90 Å². The fourth-order valence-corrected chi connectivity index (χ4v) is 4.93. The lowest BCUT2D eigenvalue weighted by Gasteiger charge is -2.34. The summed E-state index contributed by atoms with van der Waals surface area (Å²) in [7, 11) is -3.58. The maximum Gasteiger partial charge on any atom is 0.244 e. The van der Waals surface area contributed by atoms with Crippen molar-refractivity contribution in [1.29, 1.82) is 0 Å². The van der Waals surface area contributed by atoms with Crippen molar-refractivity contribution in [1.82, 2.24) is 9.21 Å². The van der Waals surface area contributed by atoms with E-state index in [1.165, 1.54) is 10.4 Å². The van der Waals surface area contributed by atoms with Gasteiger partial charge in [-0.05, 0) is 12.1 Å². The van der Waals surface area contributed by atoms with Crippen LogP contribution in [0.25, 0.3) is 0 Å². The summed E-state index contributed by atoms with van der Waals surface area (Å²) in [5.74, 6) is 0.108. The van der Waals surface area contributed by atoms with Crippen LogP contribution < -0.4 is 0 Å². The Balaban J connectivity index is 1.54. The van der Waals surface area contributed by atoms with E-state index in [9.17, 15) is 13.2 Å². The van der Waals surface area contributed by atoms with Gasteiger partial charge in [-0.15, -0.1) is 0 Å². The topological polar surface area (TPSA) is 57.7 Å². The predicted molar refractivity (Wildman–Crippen MR) is 102 cm³/mol. The summed E-state index contributed by atoms with van der Waals surface area (Å²) >= 11 is 6.05. The lowest BCUT2D eigenvalue weighted by molar-refractivity contribution is 0.0952. The molecular formula is C19H21ClN2O3S. The summed E-state index contributed by atoms with van der Waals surface area (Å²) in [4.78, 5) is 14.5. The number of sulfonamides is 1. The zero-order chi connectivity index (χ0) is 18.6. The summed E-state index contributed by atoms with van der Waals surface area (Å²) in [5.41, 5.74) is 0.715. The van der Waals surface area contributed by atoms with Crippen LogP contribution in [0.1, 0.15) is 16.8 Å². The Morgan fingerprint density at radius 1 is 0.923 bits per heavy atom. The van der Waals surface area contributed by atoms with Crippen LogP contribution in [0.3, 0.4) is 0 Å². The van der Waals surface area contributed by atoms with Crippen LogP contribution >= 0.6 is 11.6 Å². The fraction of sp³-hybridized carbons (Fsp3) is 0.316. The second-order valence-electron chi connectivity index (χ2n) is 6.22. The third-order valence-electron chi connectivity index (χ3n) is 4.54. The Labute approximate surface area is 159 Å². The molecule has 0 N–H and O–H groups in total. The number of halogens is 1. The molecule has 0 amide bonds. The molecule has 1 heterocycles. The number of carbonyl (C=O) groups excluding carboxylic acids is 1. The molecule has 3 rings (SSSR count). The van der Waals surface area contributed by atoms with Crippen LogP contribution in [0, 0.1) is 0 Å². The summed E-state index contributed by atoms with van der Waals surface area (Å²) < 4.78 is 26.9. The second-order valence-corrected chi connectivity index (χ2v) is 8.53. The molecule has 1 fully saturated rings. The van der Waals surface area contributed by atoms with Gasteiger partial charge in [0.15, 0.2) is 5.78 Å². The van der Waals surface area contributed by atoms with E-state index in [2.05, 4.69) is 4.90 Å². The van der Waals surface area contributed by atoms with Crippen LogP contribution in [-0.4, -0.2) is 56.1 Å². The number of Topliss-reactive ketones (excluding diaryl/α,β-unsaturated/α-hetero) is 1. The predicted octanol–water partition coefficient (Wildman–Crippen LogP) is 2.92. The van der Waals surface area contributed by atoms with Crippen LogP contribution in [0.15, 0.2) is 59.5 Å². The summed E-state index contributed by atoms with van der Waals surface area (Å²) in [6, 6.07) is 15.7. The van der Waals surface area contributed by atoms with Gasteiger partial charge < -0.3 is 4.90 Å². The maximum atomic E-state index is 12.7. The van der Waals surface area contributed by atoms with Crippen molar-refractivity contribution in [2.45, 2.75) is 11.3 Å². The van der Waals surface area contributed by atoms with Crippen LogP contribution in [0.5, 0.6) is 0 Å². The van der Waals surface area contributed by atoms with Crippen molar-refractivity contribution in [3.8, 4) is 0 Å². The van der Waals surface area contributed by atoms with Gasteiger partial charge in [-0.3, -0.25) is 4.79 Å². The van der Waals surface area contributed by atoms with E-state index in [1.807, 2.05) is 30.3 Å². The standard InChI is InChI=1S/C19H21ClN2O3S/c20-17-8-4-5-9-19(17)26(24,25)22-14-12-21(13-15-22)11-10-18(23)16-6-2-1-3-7-16/h1-9H,10-15H2. The van der Waals surface area contributed by atoms with E-state index >= 15 is 0 Å². The molecule has 138 valence electrons. The number of nitrogens with zero attached hydrogens (tertiary/aromatic N) is 2. The number of ketones is 1. The smallest absolute Gasteiger partial charge is 0.244 e. The lowest BCUT2D eigenvalue weighted by Crippen LogP contribution is -2.49. The van der Waals surface area contributed by atoms with Gasteiger partial charge in [0.2, 0.25) is 10.0 Å². The quantitative estimate of drug-likeness (QED) is 0.709. The normalized spacial score (nSPS) is 16.5. The molecule has 0 bridgehead atoms. The van der Waals surface area contributed by atoms with E-state index in [4.69, 9.17) is 11.6 Å². The molecule has 0 spiro atoms. The molecule has 0 atom stereocenters. The molecule has 1 aliphatic rings. The SMILES string of the molecule is O=C(CCN1CCN(S(=O)(=O)c2ccccc2Cl)CC1)c1ccccc1. The zero-order valence-corrected chi connectivity index (χ0v) is 15.9. The van der Waals surface area contributed by atoms with Gasteiger partial charge in [0.25, 0.3) is 0 Å². The van der Waals surface area contributed by atoms with Crippen molar-refractivity contribution in [2.75, 3.05) is 32.7 Å². The lowest BCUT2D eigenvalue weighted by atomic mass is 10.1. The van der Waals surface area contributed by atoms with E-state index in [0.717, 1.165) is 0 Å². The molecule has 2 aromatic carbocycles. The molecule has 5 nitrogen and oxygen atoms in total. The Kier molecular flexibility index (Phi) is 6.09. The van der Waals surface area contributed by atoms with Crippen molar-refractivity contribution in [2.24, 2.45) is 0 Å². The van der Waals surface area contributed by atoms with Crippen LogP contribution in [-0.2, 0) is 10.0 Å². The largest absolute Gasteiger partial charge is 0.300 e. The average Bonchev–Trinajstić information content (AvgIpc) is 2.67. The number of benzene rings is 2. The fourth-order valence-electron chi connectivity index (χ4n) is 3.01. The molecule has 0 aliphatic carbocycles. The first-order chi connectivity index (χ1) is 12.5. The monoisotopic (exact) mass is 392 g/mol. The molecule has 0 saturated carbocycles. The average molecular weight is 393 g/mol. The number of rotatable bonds is 6. The van der Waals surface area contributed by atoms with Gasteiger partial charge in [0, 0.05) is 44.7 Å². The molecule has 1 aliphatic heterocycles. The molecule has 26 heavy (non-hydrogen) atoms. The number of piperazine rings is 1. The van der Waals surface area contributed by atoms with Crippen molar-refractivity contribution in [3.63, 3.8) is 0 Å². The highest BCUT2D eigenvalue weighted by Crippen LogP contribution is 2.25. The zero-order valence-electron chi connectivity index (χ0n) is 14.3. The van der Waals surface area contributed by atoms with Crippen molar-refractivity contribution >= 4 is 27.4 Å². The first-order valence-corrected chi connectivity index (χ1v) is 10.4. The van der Waals surface area contributed by atoms with Crippen molar-refractivity contribution < 1.29 is 13.2 Å². The minimum absolute atomic E-state index is 0.108. The van der Waals surface area contributed by atoms with Gasteiger partial charge in [-0.2, -0.15) is 4.31 Å². The van der Waals surface area contributed by atoms with Crippen LogP contribution in [0.2, 0.25) is 5.02 Å². The summed E-state index contributed by atoms with van der Waals surface area (Å²) in [5, 5.41) is 0.239. The highest BCUT2D eigenvalue weighted by atomic mass is 35.5. The Morgan fingerprint density at radius 2 is 1.54 bits per heavy atom. The number of hydrogen-bond acceptors (Lipinski definition) is 4. The third kappa shape index (κ3) is 4.32.